The predicted molar refractivity (Wildman–Crippen MR) is 102 cm³/mol. The second-order valence-electron chi connectivity index (χ2n) is 8.38. The van der Waals surface area contributed by atoms with Crippen LogP contribution in [0.25, 0.3) is 0 Å². The Morgan fingerprint density at radius 2 is 2.08 bits per heavy atom. The zero-order chi connectivity index (χ0) is 18.7. The number of hydrogen-bond acceptors (Lipinski definition) is 5. The molecule has 0 bridgehead atoms. The van der Waals surface area contributed by atoms with Gasteiger partial charge in [-0.3, -0.25) is 4.98 Å². The summed E-state index contributed by atoms with van der Waals surface area (Å²) in [4.78, 5) is 4.47. The molecule has 0 aliphatic carbocycles. The Bertz CT molecular complexity index is 565. The summed E-state index contributed by atoms with van der Waals surface area (Å²) < 4.78 is 23.5. The maximum atomic E-state index is 6.35. The molecule has 25 heavy (non-hydrogen) atoms. The summed E-state index contributed by atoms with van der Waals surface area (Å²) in [5.41, 5.74) is 0.408. The molecule has 0 spiro atoms. The van der Waals surface area contributed by atoms with E-state index in [-0.39, 0.29) is 11.1 Å². The fraction of sp³-hybridized carbons (Fsp3) is 0.737. The molecule has 1 aliphatic heterocycles. The zero-order valence-corrected chi connectivity index (χ0v) is 17.7. The van der Waals surface area contributed by atoms with E-state index in [1.807, 2.05) is 12.1 Å². The van der Waals surface area contributed by atoms with Gasteiger partial charge in [-0.1, -0.05) is 20.8 Å². The molecule has 0 aromatic carbocycles. The van der Waals surface area contributed by atoms with Gasteiger partial charge in [-0.15, -0.1) is 0 Å². The highest BCUT2D eigenvalue weighted by Crippen LogP contribution is 2.37. The van der Waals surface area contributed by atoms with E-state index in [4.69, 9.17) is 18.6 Å². The van der Waals surface area contributed by atoms with Crippen molar-refractivity contribution >= 4 is 8.32 Å². The van der Waals surface area contributed by atoms with E-state index in [2.05, 4.69) is 45.8 Å². The highest BCUT2D eigenvalue weighted by molar-refractivity contribution is 6.74. The average molecular weight is 368 g/mol. The van der Waals surface area contributed by atoms with Crippen molar-refractivity contribution in [3.8, 4) is 5.75 Å². The van der Waals surface area contributed by atoms with Crippen LogP contribution in [0.2, 0.25) is 18.1 Å². The van der Waals surface area contributed by atoms with Crippen LogP contribution in [0, 0.1) is 0 Å². The molecule has 0 unspecified atom stereocenters. The molecule has 1 saturated heterocycles. The third-order valence-corrected chi connectivity index (χ3v) is 9.97. The van der Waals surface area contributed by atoms with E-state index in [0.29, 0.717) is 19.8 Å². The van der Waals surface area contributed by atoms with Gasteiger partial charge in [-0.2, -0.15) is 0 Å². The Labute approximate surface area is 153 Å². The van der Waals surface area contributed by atoms with E-state index in [1.165, 1.54) is 0 Å². The van der Waals surface area contributed by atoms with Crippen LogP contribution in [0.3, 0.4) is 0 Å². The standard InChI is InChI=1S/C19H33NO4Si/c1-15(24-25(6,7)18(2,3)4)13-23-16-8-10-20-17(12-16)19(21-5)9-11-22-14-19/h8,10,12,15H,9,11,13-14H2,1-7H3/t15-,19+/m1/s1. The predicted octanol–water partition coefficient (Wildman–Crippen LogP) is 4.13. The van der Waals surface area contributed by atoms with Crippen LogP contribution >= 0.6 is 0 Å². The normalized spacial score (nSPS) is 22.8. The molecule has 1 aliphatic rings. The number of rotatable bonds is 7. The fourth-order valence-corrected chi connectivity index (χ4v) is 4.12. The van der Waals surface area contributed by atoms with Gasteiger partial charge in [0.2, 0.25) is 0 Å². The molecular weight excluding hydrogens is 334 g/mol. The molecule has 142 valence electrons. The largest absolute Gasteiger partial charge is 0.491 e. The SMILES string of the molecule is CO[C@@]1(c2cc(OC[C@@H](C)O[Si](C)(C)C(C)(C)C)ccn2)CCOC1. The molecule has 6 heteroatoms. The Hall–Kier alpha value is -0.953. The first-order valence-electron chi connectivity index (χ1n) is 9.00. The van der Waals surface area contributed by atoms with Gasteiger partial charge in [0.05, 0.1) is 18.4 Å². The Balaban J connectivity index is 1.99. The topological polar surface area (TPSA) is 49.8 Å². The van der Waals surface area contributed by atoms with Crippen molar-refractivity contribution in [2.45, 2.75) is 64.0 Å². The molecule has 2 heterocycles. The smallest absolute Gasteiger partial charge is 0.192 e. The van der Waals surface area contributed by atoms with Crippen LogP contribution in [0.4, 0.5) is 0 Å². The van der Waals surface area contributed by atoms with Gasteiger partial charge < -0.3 is 18.6 Å². The van der Waals surface area contributed by atoms with Crippen molar-refractivity contribution in [2.75, 3.05) is 26.9 Å². The molecule has 2 rings (SSSR count). The number of hydrogen-bond donors (Lipinski definition) is 0. The van der Waals surface area contributed by atoms with Crippen molar-refractivity contribution in [1.82, 2.24) is 4.98 Å². The van der Waals surface area contributed by atoms with Crippen molar-refractivity contribution in [3.63, 3.8) is 0 Å². The lowest BCUT2D eigenvalue weighted by atomic mass is 9.98. The van der Waals surface area contributed by atoms with Crippen molar-refractivity contribution < 1.29 is 18.6 Å². The minimum absolute atomic E-state index is 0.0451. The minimum atomic E-state index is -1.78. The van der Waals surface area contributed by atoms with Crippen molar-refractivity contribution in [2.24, 2.45) is 0 Å². The molecule has 1 aromatic rings. The zero-order valence-electron chi connectivity index (χ0n) is 16.7. The van der Waals surface area contributed by atoms with Gasteiger partial charge >= 0.3 is 0 Å². The summed E-state index contributed by atoms with van der Waals surface area (Å²) in [5.74, 6) is 0.791. The highest BCUT2D eigenvalue weighted by Gasteiger charge is 2.39. The first-order chi connectivity index (χ1) is 11.6. The van der Waals surface area contributed by atoms with Crippen LogP contribution in [0.15, 0.2) is 18.3 Å². The lowest BCUT2D eigenvalue weighted by Gasteiger charge is -2.38. The first-order valence-corrected chi connectivity index (χ1v) is 11.9. The minimum Gasteiger partial charge on any atom is -0.491 e. The van der Waals surface area contributed by atoms with E-state index in [9.17, 15) is 0 Å². The first kappa shape index (κ1) is 20.4. The Kier molecular flexibility index (Phi) is 6.30. The van der Waals surface area contributed by atoms with Crippen molar-refractivity contribution in [1.29, 1.82) is 0 Å². The van der Waals surface area contributed by atoms with Gasteiger partial charge in [0, 0.05) is 32.4 Å². The van der Waals surface area contributed by atoms with E-state index >= 15 is 0 Å². The second-order valence-corrected chi connectivity index (χ2v) is 13.1. The summed E-state index contributed by atoms with van der Waals surface area (Å²) in [6.07, 6.45) is 2.62. The Morgan fingerprint density at radius 1 is 1.36 bits per heavy atom. The monoisotopic (exact) mass is 367 g/mol. The Morgan fingerprint density at radius 3 is 2.64 bits per heavy atom. The van der Waals surface area contributed by atoms with Gasteiger partial charge in [-0.05, 0) is 31.1 Å². The average Bonchev–Trinajstić information content (AvgIpc) is 3.02. The number of pyridine rings is 1. The second kappa shape index (κ2) is 7.74. The number of ether oxygens (including phenoxy) is 3. The van der Waals surface area contributed by atoms with Gasteiger partial charge in [0.1, 0.15) is 18.0 Å². The third kappa shape index (κ3) is 4.81. The van der Waals surface area contributed by atoms with Crippen LogP contribution in [0.5, 0.6) is 5.75 Å². The number of aromatic nitrogens is 1. The van der Waals surface area contributed by atoms with E-state index in [1.54, 1.807) is 13.3 Å². The maximum absolute atomic E-state index is 6.35. The molecule has 0 amide bonds. The quantitative estimate of drug-likeness (QED) is 0.678. The molecule has 2 atom stereocenters. The summed E-state index contributed by atoms with van der Waals surface area (Å²) in [5, 5.41) is 0.193. The molecular formula is C19H33NO4Si. The molecule has 1 aromatic heterocycles. The van der Waals surface area contributed by atoms with Crippen molar-refractivity contribution in [3.05, 3.63) is 24.0 Å². The summed E-state index contributed by atoms with van der Waals surface area (Å²) in [7, 11) is -0.0776. The number of nitrogens with zero attached hydrogens (tertiary/aromatic N) is 1. The molecule has 0 radical (unpaired) electrons. The third-order valence-electron chi connectivity index (χ3n) is 5.36. The van der Waals surface area contributed by atoms with Crippen LogP contribution in [0.1, 0.15) is 39.8 Å². The lowest BCUT2D eigenvalue weighted by molar-refractivity contribution is -0.0248. The van der Waals surface area contributed by atoms with E-state index < -0.39 is 13.9 Å². The van der Waals surface area contributed by atoms with Crippen LogP contribution in [-0.2, 0) is 19.5 Å². The van der Waals surface area contributed by atoms with Gasteiger partial charge in [0.15, 0.2) is 8.32 Å². The summed E-state index contributed by atoms with van der Waals surface area (Å²) in [6, 6.07) is 3.83. The maximum Gasteiger partial charge on any atom is 0.192 e. The fourth-order valence-electron chi connectivity index (χ4n) is 2.69. The lowest BCUT2D eigenvalue weighted by Crippen LogP contribution is -2.44. The van der Waals surface area contributed by atoms with Gasteiger partial charge in [0.25, 0.3) is 0 Å². The molecule has 5 nitrogen and oxygen atoms in total. The van der Waals surface area contributed by atoms with Crippen LogP contribution < -0.4 is 4.74 Å². The molecule has 1 fully saturated rings. The summed E-state index contributed by atoms with van der Waals surface area (Å²) >= 11 is 0. The van der Waals surface area contributed by atoms with Gasteiger partial charge in [-0.25, -0.2) is 0 Å². The molecule has 0 N–H and O–H groups in total. The summed E-state index contributed by atoms with van der Waals surface area (Å²) in [6.45, 7) is 15.1. The number of methoxy groups -OCH3 is 1. The highest BCUT2D eigenvalue weighted by atomic mass is 28.4. The van der Waals surface area contributed by atoms with Crippen LogP contribution in [-0.4, -0.2) is 46.3 Å². The van der Waals surface area contributed by atoms with E-state index in [0.717, 1.165) is 17.9 Å². The molecule has 0 saturated carbocycles.